The van der Waals surface area contributed by atoms with Crippen LogP contribution in [0.15, 0.2) is 41.4 Å². The summed E-state index contributed by atoms with van der Waals surface area (Å²) in [4.78, 5) is 4.19. The number of phenols is 1. The maximum atomic E-state index is 10.00. The molecule has 0 aliphatic carbocycles. The van der Waals surface area contributed by atoms with Crippen LogP contribution in [0, 0.1) is 0 Å². The number of hydrogen-bond acceptors (Lipinski definition) is 4. The first kappa shape index (κ1) is 16.8. The van der Waals surface area contributed by atoms with Gasteiger partial charge in [-0.05, 0) is 24.3 Å². The van der Waals surface area contributed by atoms with Crippen LogP contribution in [0.2, 0.25) is 5.02 Å². The van der Waals surface area contributed by atoms with Gasteiger partial charge in [-0.1, -0.05) is 23.7 Å². The molecular weight excluding hydrogens is 318 g/mol. The second kappa shape index (κ2) is 7.60. The molecule has 0 spiro atoms. The summed E-state index contributed by atoms with van der Waals surface area (Å²) in [6.45, 7) is 0.214. The lowest BCUT2D eigenvalue weighted by molar-refractivity contribution is 0.370. The number of guanidine groups is 1. The number of aromatic hydroxyl groups is 1. The Morgan fingerprint density at radius 3 is 2.61 bits per heavy atom. The van der Waals surface area contributed by atoms with E-state index < -0.39 is 0 Å². The van der Waals surface area contributed by atoms with Gasteiger partial charge in [0.25, 0.3) is 0 Å². The number of benzene rings is 2. The van der Waals surface area contributed by atoms with Gasteiger partial charge in [0.15, 0.2) is 17.5 Å². The van der Waals surface area contributed by atoms with E-state index >= 15 is 0 Å². The molecule has 0 heterocycles. The third-order valence-electron chi connectivity index (χ3n) is 3.15. The predicted molar refractivity (Wildman–Crippen MR) is 91.6 cm³/mol. The Kier molecular flexibility index (Phi) is 5.54. The van der Waals surface area contributed by atoms with Gasteiger partial charge in [0.1, 0.15) is 5.75 Å². The number of nitrogens with two attached hydrogens (primary N) is 1. The number of phenolic OH excluding ortho intramolecular Hbond substituents is 1. The van der Waals surface area contributed by atoms with E-state index in [0.717, 1.165) is 0 Å². The van der Waals surface area contributed by atoms with Crippen LogP contribution in [0.3, 0.4) is 0 Å². The van der Waals surface area contributed by atoms with Crippen molar-refractivity contribution in [2.75, 3.05) is 19.5 Å². The molecule has 0 aliphatic heterocycles. The highest BCUT2D eigenvalue weighted by atomic mass is 35.5. The first-order chi connectivity index (χ1) is 11.0. The second-order valence-corrected chi connectivity index (χ2v) is 5.05. The maximum absolute atomic E-state index is 10.00. The lowest BCUT2D eigenvalue weighted by Crippen LogP contribution is -2.22. The maximum Gasteiger partial charge on any atom is 0.193 e. The van der Waals surface area contributed by atoms with Gasteiger partial charge in [-0.2, -0.15) is 0 Å². The number of ether oxygens (including phenoxy) is 2. The van der Waals surface area contributed by atoms with Gasteiger partial charge in [0.2, 0.25) is 0 Å². The SMILES string of the molecule is COc1ccc(NC(N)=NCc2cccc(OC)c2O)cc1Cl. The molecule has 7 heteroatoms. The Bertz CT molecular complexity index is 720. The van der Waals surface area contributed by atoms with Crippen LogP contribution in [0.4, 0.5) is 5.69 Å². The first-order valence-electron chi connectivity index (χ1n) is 6.80. The zero-order valence-corrected chi connectivity index (χ0v) is 13.6. The van der Waals surface area contributed by atoms with Gasteiger partial charge in [0, 0.05) is 11.3 Å². The van der Waals surface area contributed by atoms with Crippen molar-refractivity contribution >= 4 is 23.2 Å². The van der Waals surface area contributed by atoms with Gasteiger partial charge < -0.3 is 25.6 Å². The molecule has 4 N–H and O–H groups in total. The summed E-state index contributed by atoms with van der Waals surface area (Å²) in [6.07, 6.45) is 0. The van der Waals surface area contributed by atoms with Crippen LogP contribution in [0.25, 0.3) is 0 Å². The third kappa shape index (κ3) is 4.20. The first-order valence-corrected chi connectivity index (χ1v) is 7.18. The van der Waals surface area contributed by atoms with E-state index in [9.17, 15) is 5.11 Å². The molecule has 0 atom stereocenters. The zero-order valence-electron chi connectivity index (χ0n) is 12.8. The van der Waals surface area contributed by atoms with Crippen molar-refractivity contribution in [1.82, 2.24) is 0 Å². The Labute approximate surface area is 139 Å². The second-order valence-electron chi connectivity index (χ2n) is 4.64. The Balaban J connectivity index is 2.07. The van der Waals surface area contributed by atoms with E-state index in [0.29, 0.717) is 27.8 Å². The fourth-order valence-corrected chi connectivity index (χ4v) is 2.22. The highest BCUT2D eigenvalue weighted by Gasteiger charge is 2.07. The van der Waals surface area contributed by atoms with Gasteiger partial charge in [0.05, 0.1) is 25.8 Å². The van der Waals surface area contributed by atoms with Crippen LogP contribution in [-0.4, -0.2) is 25.3 Å². The van der Waals surface area contributed by atoms with Crippen LogP contribution in [0.1, 0.15) is 5.56 Å². The molecule has 2 aromatic rings. The Hall–Kier alpha value is -2.60. The number of methoxy groups -OCH3 is 2. The average molecular weight is 336 g/mol. The summed E-state index contributed by atoms with van der Waals surface area (Å²) in [5, 5.41) is 13.4. The molecule has 0 unspecified atom stereocenters. The molecule has 2 aromatic carbocycles. The lowest BCUT2D eigenvalue weighted by Gasteiger charge is -2.09. The minimum atomic E-state index is 0.0547. The summed E-state index contributed by atoms with van der Waals surface area (Å²) in [5.74, 6) is 1.23. The third-order valence-corrected chi connectivity index (χ3v) is 3.44. The summed E-state index contributed by atoms with van der Waals surface area (Å²) in [5.41, 5.74) is 7.15. The van der Waals surface area contributed by atoms with Crippen molar-refractivity contribution in [3.8, 4) is 17.2 Å². The molecule has 0 bridgehead atoms. The van der Waals surface area contributed by atoms with Crippen LogP contribution in [0.5, 0.6) is 17.2 Å². The monoisotopic (exact) mass is 335 g/mol. The molecule has 122 valence electrons. The number of para-hydroxylation sites is 1. The van der Waals surface area contributed by atoms with Crippen molar-refractivity contribution in [3.63, 3.8) is 0 Å². The number of halogens is 1. The summed E-state index contributed by atoms with van der Waals surface area (Å²) in [6, 6.07) is 10.4. The number of nitrogens with one attached hydrogen (secondary N) is 1. The fourth-order valence-electron chi connectivity index (χ4n) is 1.96. The predicted octanol–water partition coefficient (Wildman–Crippen LogP) is 2.99. The number of rotatable bonds is 5. The van der Waals surface area contributed by atoms with E-state index in [4.69, 9.17) is 26.8 Å². The van der Waals surface area contributed by atoms with Gasteiger partial charge in [-0.15, -0.1) is 0 Å². The van der Waals surface area contributed by atoms with E-state index in [1.807, 2.05) is 0 Å². The normalized spacial score (nSPS) is 11.2. The molecule has 0 fully saturated rings. The molecule has 0 saturated heterocycles. The molecule has 2 rings (SSSR count). The standard InChI is InChI=1S/C16H18ClN3O3/c1-22-13-7-6-11(8-12(13)17)20-16(18)19-9-10-4-3-5-14(23-2)15(10)21/h3-8,21H,9H2,1-2H3,(H3,18,19,20). The van der Waals surface area contributed by atoms with Crippen LogP contribution >= 0.6 is 11.6 Å². The number of nitrogens with zero attached hydrogens (tertiary/aromatic N) is 1. The highest BCUT2D eigenvalue weighted by Crippen LogP contribution is 2.30. The molecule has 23 heavy (non-hydrogen) atoms. The molecular formula is C16H18ClN3O3. The lowest BCUT2D eigenvalue weighted by atomic mass is 10.2. The van der Waals surface area contributed by atoms with Gasteiger partial charge in [-0.25, -0.2) is 4.99 Å². The van der Waals surface area contributed by atoms with Crippen molar-refractivity contribution < 1.29 is 14.6 Å². The summed E-state index contributed by atoms with van der Waals surface area (Å²) in [7, 11) is 3.04. The van der Waals surface area contributed by atoms with Crippen molar-refractivity contribution in [1.29, 1.82) is 0 Å². The zero-order chi connectivity index (χ0) is 16.8. The molecule has 0 saturated carbocycles. The van der Waals surface area contributed by atoms with Crippen molar-refractivity contribution in [3.05, 3.63) is 47.0 Å². The van der Waals surface area contributed by atoms with Crippen LogP contribution < -0.4 is 20.5 Å². The smallest absolute Gasteiger partial charge is 0.193 e. The Morgan fingerprint density at radius 2 is 1.96 bits per heavy atom. The highest BCUT2D eigenvalue weighted by molar-refractivity contribution is 6.32. The minimum Gasteiger partial charge on any atom is -0.504 e. The number of hydrogen-bond donors (Lipinski definition) is 3. The molecule has 0 amide bonds. The largest absolute Gasteiger partial charge is 0.504 e. The minimum absolute atomic E-state index is 0.0547. The van der Waals surface area contributed by atoms with E-state index in [-0.39, 0.29) is 18.3 Å². The van der Waals surface area contributed by atoms with E-state index in [1.54, 1.807) is 43.5 Å². The van der Waals surface area contributed by atoms with E-state index in [1.165, 1.54) is 7.11 Å². The van der Waals surface area contributed by atoms with Crippen LogP contribution in [-0.2, 0) is 6.54 Å². The quantitative estimate of drug-likeness (QED) is 0.577. The molecule has 0 radical (unpaired) electrons. The number of anilines is 1. The van der Waals surface area contributed by atoms with E-state index in [2.05, 4.69) is 10.3 Å². The van der Waals surface area contributed by atoms with Crippen molar-refractivity contribution in [2.45, 2.75) is 6.54 Å². The Morgan fingerprint density at radius 1 is 1.22 bits per heavy atom. The fraction of sp³-hybridized carbons (Fsp3) is 0.188. The van der Waals surface area contributed by atoms with Gasteiger partial charge in [-0.3, -0.25) is 0 Å². The molecule has 0 aliphatic rings. The van der Waals surface area contributed by atoms with Gasteiger partial charge >= 0.3 is 0 Å². The molecule has 0 aromatic heterocycles. The number of aliphatic imine (C=N–C) groups is 1. The summed E-state index contributed by atoms with van der Waals surface area (Å²) >= 11 is 6.05. The summed E-state index contributed by atoms with van der Waals surface area (Å²) < 4.78 is 10.1. The molecule has 6 nitrogen and oxygen atoms in total. The van der Waals surface area contributed by atoms with Crippen molar-refractivity contribution in [2.24, 2.45) is 10.7 Å². The topological polar surface area (TPSA) is 89.1 Å². The average Bonchev–Trinajstić information content (AvgIpc) is 2.54.